The number of hydrogen-bond donors (Lipinski definition) is 0. The fourth-order valence-corrected chi connectivity index (χ4v) is 2.74. The fourth-order valence-electron chi connectivity index (χ4n) is 2.49. The molecule has 0 saturated heterocycles. The van der Waals surface area contributed by atoms with Crippen LogP contribution in [-0.4, -0.2) is 25.2 Å². The Hall–Kier alpha value is -3.22. The maximum Gasteiger partial charge on any atom is 0.344 e. The van der Waals surface area contributed by atoms with Crippen LogP contribution in [0.3, 0.4) is 0 Å². The lowest BCUT2D eigenvalue weighted by Crippen LogP contribution is -2.15. The molecule has 0 aromatic heterocycles. The molecule has 0 spiro atoms. The Morgan fingerprint density at radius 1 is 0.562 bits per heavy atom. The second kappa shape index (κ2) is 12.0. The maximum atomic E-state index is 11.8. The molecule has 0 aliphatic carbocycles. The highest BCUT2D eigenvalue weighted by atomic mass is 35.5. The van der Waals surface area contributed by atoms with Gasteiger partial charge in [-0.15, -0.1) is 0 Å². The third-order valence-corrected chi connectivity index (χ3v) is 4.67. The van der Waals surface area contributed by atoms with Crippen LogP contribution in [0.4, 0.5) is 0 Å². The van der Waals surface area contributed by atoms with Gasteiger partial charge in [-0.2, -0.15) is 0 Å². The van der Waals surface area contributed by atoms with E-state index in [0.29, 0.717) is 21.5 Å². The maximum absolute atomic E-state index is 11.8. The van der Waals surface area contributed by atoms with Gasteiger partial charge in [0.2, 0.25) is 0 Å². The first-order valence-electron chi connectivity index (χ1n) is 9.64. The number of rotatable bonds is 10. The topological polar surface area (TPSA) is 71.1 Å². The zero-order valence-corrected chi connectivity index (χ0v) is 18.5. The van der Waals surface area contributed by atoms with E-state index in [4.69, 9.17) is 42.1 Å². The second-order valence-corrected chi connectivity index (χ2v) is 7.50. The van der Waals surface area contributed by atoms with Gasteiger partial charge in [0, 0.05) is 10.0 Å². The van der Waals surface area contributed by atoms with Crippen LogP contribution in [0.1, 0.15) is 11.1 Å². The summed E-state index contributed by atoms with van der Waals surface area (Å²) in [7, 11) is 0. The number of ether oxygens (including phenoxy) is 4. The molecule has 0 aliphatic heterocycles. The first kappa shape index (κ1) is 23.4. The number of carbonyl (C=O) groups is 2. The van der Waals surface area contributed by atoms with E-state index in [1.165, 1.54) is 0 Å². The molecule has 3 rings (SSSR count). The van der Waals surface area contributed by atoms with Crippen molar-refractivity contribution in [1.29, 1.82) is 0 Å². The SMILES string of the molecule is O=C(COc1ccc(Cl)cc1)OCc1ccc(COC(=O)COc2ccc(Cl)cc2)cc1. The molecule has 0 heterocycles. The summed E-state index contributed by atoms with van der Waals surface area (Å²) in [5.41, 5.74) is 1.59. The van der Waals surface area contributed by atoms with E-state index in [9.17, 15) is 9.59 Å². The Morgan fingerprint density at radius 3 is 1.25 bits per heavy atom. The predicted molar refractivity (Wildman–Crippen MR) is 120 cm³/mol. The summed E-state index contributed by atoms with van der Waals surface area (Å²) < 4.78 is 21.1. The smallest absolute Gasteiger partial charge is 0.344 e. The lowest BCUT2D eigenvalue weighted by molar-refractivity contribution is -0.148. The molecule has 0 unspecified atom stereocenters. The first-order chi connectivity index (χ1) is 15.5. The Labute approximate surface area is 195 Å². The van der Waals surface area contributed by atoms with Crippen LogP contribution >= 0.6 is 23.2 Å². The third-order valence-electron chi connectivity index (χ3n) is 4.16. The third kappa shape index (κ3) is 8.13. The van der Waals surface area contributed by atoms with Crippen LogP contribution in [0.15, 0.2) is 72.8 Å². The normalized spacial score (nSPS) is 10.3. The van der Waals surface area contributed by atoms with Crippen molar-refractivity contribution < 1.29 is 28.5 Å². The van der Waals surface area contributed by atoms with Crippen LogP contribution in [0, 0.1) is 0 Å². The average molecular weight is 475 g/mol. The van der Waals surface area contributed by atoms with Gasteiger partial charge in [0.25, 0.3) is 0 Å². The zero-order chi connectivity index (χ0) is 22.8. The lowest BCUT2D eigenvalue weighted by atomic mass is 10.1. The molecule has 8 heteroatoms. The van der Waals surface area contributed by atoms with Gasteiger partial charge in [0.15, 0.2) is 13.2 Å². The molecule has 32 heavy (non-hydrogen) atoms. The number of hydrogen-bond acceptors (Lipinski definition) is 6. The Bertz CT molecular complexity index is 933. The van der Waals surface area contributed by atoms with Crippen LogP contribution in [-0.2, 0) is 32.3 Å². The predicted octanol–water partition coefficient (Wildman–Crippen LogP) is 5.24. The van der Waals surface area contributed by atoms with Crippen molar-refractivity contribution in [1.82, 2.24) is 0 Å². The minimum Gasteiger partial charge on any atom is -0.482 e. The van der Waals surface area contributed by atoms with E-state index in [1.54, 1.807) is 72.8 Å². The van der Waals surface area contributed by atoms with Crippen LogP contribution in [0.25, 0.3) is 0 Å². The number of esters is 2. The molecule has 166 valence electrons. The minimum absolute atomic E-state index is 0.109. The standard InChI is InChI=1S/C24H20Cl2O6/c25-19-5-9-21(10-6-19)29-15-23(27)31-13-17-1-2-18(4-3-17)14-32-24(28)16-30-22-11-7-20(26)8-12-22/h1-12H,13-16H2. The van der Waals surface area contributed by atoms with Crippen molar-refractivity contribution in [3.63, 3.8) is 0 Å². The van der Waals surface area contributed by atoms with Gasteiger partial charge in [-0.25, -0.2) is 9.59 Å². The summed E-state index contributed by atoms with van der Waals surface area (Å²) in [5, 5.41) is 1.17. The highest BCUT2D eigenvalue weighted by Crippen LogP contribution is 2.16. The molecule has 0 bridgehead atoms. The first-order valence-corrected chi connectivity index (χ1v) is 10.4. The summed E-state index contributed by atoms with van der Waals surface area (Å²) in [4.78, 5) is 23.7. The second-order valence-electron chi connectivity index (χ2n) is 6.62. The Morgan fingerprint density at radius 2 is 0.906 bits per heavy atom. The molecule has 0 amide bonds. The zero-order valence-electron chi connectivity index (χ0n) is 17.0. The van der Waals surface area contributed by atoms with E-state index >= 15 is 0 Å². The lowest BCUT2D eigenvalue weighted by Gasteiger charge is -2.09. The van der Waals surface area contributed by atoms with Crippen molar-refractivity contribution in [3.05, 3.63) is 94.0 Å². The molecule has 3 aromatic rings. The summed E-state index contributed by atoms with van der Waals surface area (Å²) >= 11 is 11.6. The molecule has 6 nitrogen and oxygen atoms in total. The molecule has 0 saturated carbocycles. The van der Waals surface area contributed by atoms with Gasteiger partial charge < -0.3 is 18.9 Å². The van der Waals surface area contributed by atoms with Crippen molar-refractivity contribution >= 4 is 35.1 Å². The molecular formula is C24H20Cl2O6. The average Bonchev–Trinajstić information content (AvgIpc) is 2.81. The molecule has 0 atom stereocenters. The minimum atomic E-state index is -0.487. The van der Waals surface area contributed by atoms with E-state index in [0.717, 1.165) is 11.1 Å². The van der Waals surface area contributed by atoms with Crippen LogP contribution in [0.5, 0.6) is 11.5 Å². The highest BCUT2D eigenvalue weighted by molar-refractivity contribution is 6.30. The summed E-state index contributed by atoms with van der Waals surface area (Å²) in [6.07, 6.45) is 0. The van der Waals surface area contributed by atoms with Gasteiger partial charge in [0.05, 0.1) is 0 Å². The highest BCUT2D eigenvalue weighted by Gasteiger charge is 2.07. The number of benzene rings is 3. The van der Waals surface area contributed by atoms with Gasteiger partial charge >= 0.3 is 11.9 Å². The van der Waals surface area contributed by atoms with E-state index in [2.05, 4.69) is 0 Å². The summed E-state index contributed by atoms with van der Waals surface area (Å²) in [5.74, 6) is 0.0879. The fraction of sp³-hybridized carbons (Fsp3) is 0.167. The monoisotopic (exact) mass is 474 g/mol. The summed E-state index contributed by atoms with van der Waals surface area (Å²) in [6.45, 7) is -0.183. The molecule has 0 aliphatic rings. The van der Waals surface area contributed by atoms with Crippen LogP contribution in [0.2, 0.25) is 10.0 Å². The Kier molecular flexibility index (Phi) is 8.78. The molecule has 3 aromatic carbocycles. The van der Waals surface area contributed by atoms with Crippen molar-refractivity contribution in [2.45, 2.75) is 13.2 Å². The van der Waals surface area contributed by atoms with E-state index in [1.807, 2.05) is 0 Å². The quantitative estimate of drug-likeness (QED) is 0.374. The van der Waals surface area contributed by atoms with Crippen molar-refractivity contribution in [3.8, 4) is 11.5 Å². The van der Waals surface area contributed by atoms with Gasteiger partial charge in [0.1, 0.15) is 24.7 Å². The number of halogens is 2. The molecule has 0 radical (unpaired) electrons. The van der Waals surface area contributed by atoms with Crippen molar-refractivity contribution in [2.24, 2.45) is 0 Å². The van der Waals surface area contributed by atoms with Gasteiger partial charge in [-0.05, 0) is 59.7 Å². The van der Waals surface area contributed by atoms with E-state index in [-0.39, 0.29) is 26.4 Å². The largest absolute Gasteiger partial charge is 0.482 e. The van der Waals surface area contributed by atoms with Gasteiger partial charge in [-0.3, -0.25) is 0 Å². The molecule has 0 fully saturated rings. The van der Waals surface area contributed by atoms with Crippen LogP contribution < -0.4 is 9.47 Å². The number of carbonyl (C=O) groups excluding carboxylic acids is 2. The molecular weight excluding hydrogens is 455 g/mol. The van der Waals surface area contributed by atoms with Gasteiger partial charge in [-0.1, -0.05) is 47.5 Å². The van der Waals surface area contributed by atoms with E-state index < -0.39 is 11.9 Å². The summed E-state index contributed by atoms with van der Waals surface area (Å²) in [6, 6.07) is 20.6. The van der Waals surface area contributed by atoms with Crippen molar-refractivity contribution in [2.75, 3.05) is 13.2 Å². The Balaban J connectivity index is 1.34. The molecule has 0 N–H and O–H groups in total.